The minimum atomic E-state index is -0.697. The first-order valence-corrected chi connectivity index (χ1v) is 8.48. The first-order valence-electron chi connectivity index (χ1n) is 7.60. The molecule has 0 atom stereocenters. The quantitative estimate of drug-likeness (QED) is 0.875. The maximum Gasteiger partial charge on any atom is 0.263 e. The van der Waals surface area contributed by atoms with Crippen LogP contribution in [0.4, 0.5) is 0 Å². The number of hydrogen-bond donors (Lipinski definition) is 1. The van der Waals surface area contributed by atoms with Gasteiger partial charge in [0.25, 0.3) is 11.8 Å². The van der Waals surface area contributed by atoms with E-state index in [1.54, 1.807) is 6.07 Å². The van der Waals surface area contributed by atoms with Crippen molar-refractivity contribution in [2.45, 2.75) is 18.6 Å². The lowest BCUT2D eigenvalue weighted by Gasteiger charge is -2.44. The molecule has 0 radical (unpaired) electrons. The van der Waals surface area contributed by atoms with Crippen LogP contribution in [0, 0.1) is 0 Å². The fraction of sp³-hybridized carbons (Fsp3) is 0.294. The first kappa shape index (κ1) is 14.3. The Kier molecular flexibility index (Phi) is 3.34. The van der Waals surface area contributed by atoms with Gasteiger partial charge in [-0.05, 0) is 23.6 Å². The van der Waals surface area contributed by atoms with Crippen molar-refractivity contribution in [2.24, 2.45) is 0 Å². The minimum Gasteiger partial charge on any atom is -0.467 e. The number of ether oxygens (including phenoxy) is 1. The van der Waals surface area contributed by atoms with E-state index in [9.17, 15) is 9.59 Å². The van der Waals surface area contributed by atoms with Crippen LogP contribution in [-0.4, -0.2) is 35.5 Å². The van der Waals surface area contributed by atoms with Crippen molar-refractivity contribution in [3.05, 3.63) is 52.2 Å². The predicted octanol–water partition coefficient (Wildman–Crippen LogP) is 2.50. The predicted molar refractivity (Wildman–Crippen MR) is 86.7 cm³/mol. The van der Waals surface area contributed by atoms with E-state index >= 15 is 0 Å². The summed E-state index contributed by atoms with van der Waals surface area (Å²) in [6.07, 6.45) is 1.17. The second-order valence-electron chi connectivity index (χ2n) is 5.82. The number of nitrogens with zero attached hydrogens (tertiary/aromatic N) is 1. The van der Waals surface area contributed by atoms with Gasteiger partial charge < -0.3 is 15.0 Å². The summed E-state index contributed by atoms with van der Waals surface area (Å²) >= 11 is 1.45. The number of rotatable bonds is 1. The third-order valence-electron chi connectivity index (χ3n) is 4.37. The van der Waals surface area contributed by atoms with Crippen LogP contribution in [0.1, 0.15) is 32.9 Å². The molecule has 1 spiro atoms. The molecule has 1 saturated heterocycles. The summed E-state index contributed by atoms with van der Waals surface area (Å²) in [4.78, 5) is 27.3. The van der Waals surface area contributed by atoms with Crippen LogP contribution in [0.25, 0.3) is 0 Å². The maximum atomic E-state index is 12.4. The summed E-state index contributed by atoms with van der Waals surface area (Å²) < 4.78 is 6.08. The summed E-state index contributed by atoms with van der Waals surface area (Å²) in [5.41, 5.74) is -0.132. The molecule has 2 aliphatic rings. The molecule has 2 aromatic rings. The molecule has 4 rings (SSSR count). The zero-order chi connectivity index (χ0) is 15.9. The zero-order valence-corrected chi connectivity index (χ0v) is 13.3. The van der Waals surface area contributed by atoms with Crippen molar-refractivity contribution in [3.63, 3.8) is 0 Å². The Balaban J connectivity index is 1.50. The van der Waals surface area contributed by atoms with Crippen LogP contribution in [0.5, 0.6) is 5.75 Å². The Labute approximate surface area is 137 Å². The van der Waals surface area contributed by atoms with E-state index in [1.807, 2.05) is 40.6 Å². The Morgan fingerprint density at radius 2 is 1.96 bits per heavy atom. The lowest BCUT2D eigenvalue weighted by molar-refractivity contribution is -0.0244. The number of nitrogens with one attached hydrogen (secondary N) is 1. The van der Waals surface area contributed by atoms with Crippen LogP contribution in [0.3, 0.4) is 0 Å². The number of para-hydroxylation sites is 1. The maximum absolute atomic E-state index is 12.4. The number of carbonyl (C=O) groups excluding carboxylic acids is 2. The second-order valence-corrected chi connectivity index (χ2v) is 6.76. The Morgan fingerprint density at radius 1 is 1.17 bits per heavy atom. The van der Waals surface area contributed by atoms with E-state index in [0.717, 1.165) is 4.88 Å². The lowest BCUT2D eigenvalue weighted by Crippen LogP contribution is -2.61. The van der Waals surface area contributed by atoms with E-state index in [4.69, 9.17) is 4.74 Å². The Hall–Kier alpha value is -2.34. The molecule has 6 heteroatoms. The van der Waals surface area contributed by atoms with Crippen LogP contribution in [0.15, 0.2) is 41.8 Å². The third kappa shape index (κ3) is 2.49. The SMILES string of the molecule is O=C1NC2(CCN(C(=O)c3cccs3)CC2)Oc2ccccc21. The monoisotopic (exact) mass is 328 g/mol. The molecule has 1 aromatic carbocycles. The van der Waals surface area contributed by atoms with E-state index in [-0.39, 0.29) is 11.8 Å². The normalized spacial score (nSPS) is 19.0. The Bertz CT molecular complexity index is 749. The minimum absolute atomic E-state index is 0.0531. The average molecular weight is 328 g/mol. The number of carbonyl (C=O) groups is 2. The largest absolute Gasteiger partial charge is 0.467 e. The fourth-order valence-electron chi connectivity index (χ4n) is 3.11. The number of piperidine rings is 1. The van der Waals surface area contributed by atoms with Crippen molar-refractivity contribution in [3.8, 4) is 5.75 Å². The van der Waals surface area contributed by atoms with Crippen molar-refractivity contribution in [1.82, 2.24) is 10.2 Å². The lowest BCUT2D eigenvalue weighted by atomic mass is 9.97. The molecule has 2 amide bonds. The van der Waals surface area contributed by atoms with E-state index in [1.165, 1.54) is 11.3 Å². The zero-order valence-electron chi connectivity index (χ0n) is 12.5. The number of hydrogen-bond acceptors (Lipinski definition) is 4. The van der Waals surface area contributed by atoms with Crippen molar-refractivity contribution in [1.29, 1.82) is 0 Å². The molecular weight excluding hydrogens is 312 g/mol. The van der Waals surface area contributed by atoms with Gasteiger partial charge in [0.15, 0.2) is 5.72 Å². The molecule has 0 bridgehead atoms. The smallest absolute Gasteiger partial charge is 0.263 e. The molecule has 1 aromatic heterocycles. The summed E-state index contributed by atoms with van der Waals surface area (Å²) in [5.74, 6) is 0.566. The van der Waals surface area contributed by atoms with Crippen LogP contribution < -0.4 is 10.1 Å². The summed E-state index contributed by atoms with van der Waals surface area (Å²) in [5, 5.41) is 4.89. The van der Waals surface area contributed by atoms with E-state index < -0.39 is 5.72 Å². The van der Waals surface area contributed by atoms with Gasteiger partial charge in [-0.25, -0.2) is 0 Å². The van der Waals surface area contributed by atoms with Crippen molar-refractivity contribution < 1.29 is 14.3 Å². The second kappa shape index (κ2) is 5.38. The van der Waals surface area contributed by atoms with Gasteiger partial charge in [0.05, 0.1) is 10.4 Å². The van der Waals surface area contributed by atoms with Crippen molar-refractivity contribution >= 4 is 23.2 Å². The summed E-state index contributed by atoms with van der Waals surface area (Å²) in [6, 6.07) is 11.0. The molecule has 118 valence electrons. The highest BCUT2D eigenvalue weighted by molar-refractivity contribution is 7.12. The van der Waals surface area contributed by atoms with Gasteiger partial charge in [-0.1, -0.05) is 18.2 Å². The van der Waals surface area contributed by atoms with Gasteiger partial charge in [-0.2, -0.15) is 0 Å². The van der Waals surface area contributed by atoms with Gasteiger partial charge in [0.2, 0.25) is 0 Å². The van der Waals surface area contributed by atoms with Gasteiger partial charge >= 0.3 is 0 Å². The molecule has 0 aliphatic carbocycles. The topological polar surface area (TPSA) is 58.6 Å². The molecule has 1 fully saturated rings. The van der Waals surface area contributed by atoms with E-state index in [0.29, 0.717) is 37.2 Å². The standard InChI is InChI=1S/C17H16N2O3S/c20-15-12-4-1-2-5-13(12)22-17(18-15)7-9-19(10-8-17)16(21)14-6-3-11-23-14/h1-6,11H,7-10H2,(H,18,20). The molecule has 23 heavy (non-hydrogen) atoms. The van der Waals surface area contributed by atoms with E-state index in [2.05, 4.69) is 5.32 Å². The number of likely N-dealkylation sites (tertiary alicyclic amines) is 1. The van der Waals surface area contributed by atoms with Gasteiger partial charge in [-0.3, -0.25) is 9.59 Å². The molecule has 5 nitrogen and oxygen atoms in total. The van der Waals surface area contributed by atoms with Crippen LogP contribution in [-0.2, 0) is 0 Å². The molecule has 0 saturated carbocycles. The number of benzene rings is 1. The molecule has 1 N–H and O–H groups in total. The van der Waals surface area contributed by atoms with Crippen LogP contribution >= 0.6 is 11.3 Å². The van der Waals surface area contributed by atoms with Gasteiger partial charge in [0.1, 0.15) is 5.75 Å². The molecule has 0 unspecified atom stereocenters. The molecular formula is C17H16N2O3S. The fourth-order valence-corrected chi connectivity index (χ4v) is 3.80. The summed E-state index contributed by atoms with van der Waals surface area (Å²) in [6.45, 7) is 1.14. The van der Waals surface area contributed by atoms with Gasteiger partial charge in [-0.15, -0.1) is 11.3 Å². The number of fused-ring (bicyclic) bond motifs is 1. The summed E-state index contributed by atoms with van der Waals surface area (Å²) in [7, 11) is 0. The first-order chi connectivity index (χ1) is 11.2. The van der Waals surface area contributed by atoms with Crippen molar-refractivity contribution in [2.75, 3.05) is 13.1 Å². The third-order valence-corrected chi connectivity index (χ3v) is 5.23. The highest BCUT2D eigenvalue weighted by atomic mass is 32.1. The average Bonchev–Trinajstić information content (AvgIpc) is 3.09. The highest BCUT2D eigenvalue weighted by Crippen LogP contribution is 2.33. The number of amides is 2. The molecule has 3 heterocycles. The Morgan fingerprint density at radius 3 is 2.70 bits per heavy atom. The van der Waals surface area contributed by atoms with Crippen LogP contribution in [0.2, 0.25) is 0 Å². The molecule has 2 aliphatic heterocycles. The highest BCUT2D eigenvalue weighted by Gasteiger charge is 2.43. The number of thiophene rings is 1. The van der Waals surface area contributed by atoms with Gasteiger partial charge in [0, 0.05) is 25.9 Å².